The van der Waals surface area contributed by atoms with Crippen LogP contribution in [0.3, 0.4) is 0 Å². The van der Waals surface area contributed by atoms with Crippen LogP contribution in [0.5, 0.6) is 0 Å². The van der Waals surface area contributed by atoms with Gasteiger partial charge in [-0.2, -0.15) is 0 Å². The average molecular weight is 705 g/mol. The largest absolute Gasteiger partial charge is 0.463 e. The van der Waals surface area contributed by atoms with Crippen LogP contribution < -0.4 is 0 Å². The summed E-state index contributed by atoms with van der Waals surface area (Å²) in [6, 6.07) is 0. The molecule has 4 aliphatic rings. The van der Waals surface area contributed by atoms with Crippen molar-refractivity contribution in [1.29, 1.82) is 0 Å². The minimum absolute atomic E-state index is 0.0403. The van der Waals surface area contributed by atoms with Crippen molar-refractivity contribution in [2.45, 2.75) is 195 Å². The lowest BCUT2D eigenvalue weighted by molar-refractivity contribution is -0.179. The standard InChI is InChI=1S/C43H76O7/c1-8-32(28-37(35-11-19-39(45)20-12-35)27-29(2)33-13-21-40(22-14-33)49-30(3)44)34-15-23-41(24-16-34)50-31(4)47-25-26-48-42(46)36-9-17-38(18-10-36)43(5,6)7/h29,31-41,45H,8-28H2,1-7H3. The molecule has 0 radical (unpaired) electrons. The van der Waals surface area contributed by atoms with Crippen molar-refractivity contribution < 1.29 is 33.6 Å². The Hall–Kier alpha value is -1.18. The number of aliphatic hydroxyl groups is 1. The Bertz CT molecular complexity index is 976. The summed E-state index contributed by atoms with van der Waals surface area (Å²) >= 11 is 0. The molecule has 0 spiro atoms. The van der Waals surface area contributed by atoms with E-state index in [1.54, 1.807) is 0 Å². The van der Waals surface area contributed by atoms with Gasteiger partial charge in [-0.05, 0) is 169 Å². The number of ether oxygens (including phenoxy) is 4. The van der Waals surface area contributed by atoms with E-state index in [0.717, 1.165) is 93.8 Å². The molecule has 50 heavy (non-hydrogen) atoms. The van der Waals surface area contributed by atoms with Crippen LogP contribution >= 0.6 is 0 Å². The Balaban J connectivity index is 1.17. The fraction of sp³-hybridized carbons (Fsp3) is 0.953. The second kappa shape index (κ2) is 20.3. The van der Waals surface area contributed by atoms with Gasteiger partial charge in [0.05, 0.1) is 24.7 Å². The zero-order chi connectivity index (χ0) is 36.3. The first kappa shape index (κ1) is 41.6. The zero-order valence-electron chi connectivity index (χ0n) is 33.2. The lowest BCUT2D eigenvalue weighted by atomic mass is 9.66. The Morgan fingerprint density at radius 1 is 0.700 bits per heavy atom. The van der Waals surface area contributed by atoms with Crippen LogP contribution in [-0.2, 0) is 28.5 Å². The molecule has 4 saturated carbocycles. The molecule has 0 aromatic carbocycles. The van der Waals surface area contributed by atoms with Crippen molar-refractivity contribution in [1.82, 2.24) is 0 Å². The molecule has 290 valence electrons. The lowest BCUT2D eigenvalue weighted by Crippen LogP contribution is -2.33. The van der Waals surface area contributed by atoms with Gasteiger partial charge in [-0.15, -0.1) is 0 Å². The van der Waals surface area contributed by atoms with Crippen LogP contribution in [0.2, 0.25) is 0 Å². The molecule has 0 heterocycles. The topological polar surface area (TPSA) is 91.3 Å². The van der Waals surface area contributed by atoms with E-state index in [4.69, 9.17) is 18.9 Å². The van der Waals surface area contributed by atoms with Gasteiger partial charge in [0.25, 0.3) is 0 Å². The molecule has 0 aromatic rings. The van der Waals surface area contributed by atoms with E-state index < -0.39 is 0 Å². The summed E-state index contributed by atoms with van der Waals surface area (Å²) in [6.45, 7) is 16.0. The Labute approximate surface area is 306 Å². The molecule has 0 saturated heterocycles. The first-order valence-corrected chi connectivity index (χ1v) is 21.1. The van der Waals surface area contributed by atoms with Crippen LogP contribution in [0, 0.1) is 52.8 Å². The van der Waals surface area contributed by atoms with Crippen molar-refractivity contribution >= 4 is 11.9 Å². The molecule has 4 aliphatic carbocycles. The van der Waals surface area contributed by atoms with Gasteiger partial charge in [-0.3, -0.25) is 9.59 Å². The molecule has 4 unspecified atom stereocenters. The highest BCUT2D eigenvalue weighted by Crippen LogP contribution is 2.45. The van der Waals surface area contributed by atoms with Crippen molar-refractivity contribution in [3.05, 3.63) is 0 Å². The number of hydrogen-bond acceptors (Lipinski definition) is 7. The second-order valence-electron chi connectivity index (χ2n) is 18.3. The minimum atomic E-state index is -0.295. The molecule has 7 heteroatoms. The van der Waals surface area contributed by atoms with E-state index in [1.807, 2.05) is 6.92 Å². The quantitative estimate of drug-likeness (QED) is 0.0972. The van der Waals surface area contributed by atoms with Crippen LogP contribution in [0.25, 0.3) is 0 Å². The third kappa shape index (κ3) is 13.3. The zero-order valence-corrected chi connectivity index (χ0v) is 33.2. The number of rotatable bonds is 16. The highest BCUT2D eigenvalue weighted by atomic mass is 16.7. The van der Waals surface area contributed by atoms with Gasteiger partial charge >= 0.3 is 11.9 Å². The van der Waals surface area contributed by atoms with Crippen LogP contribution in [0.4, 0.5) is 0 Å². The molecule has 7 nitrogen and oxygen atoms in total. The predicted octanol–water partition coefficient (Wildman–Crippen LogP) is 10.1. The van der Waals surface area contributed by atoms with E-state index in [0.29, 0.717) is 30.5 Å². The fourth-order valence-corrected chi connectivity index (χ4v) is 10.5. The molecule has 0 aromatic heterocycles. The Kier molecular flexibility index (Phi) is 16.9. The van der Waals surface area contributed by atoms with Gasteiger partial charge in [-0.1, -0.05) is 41.0 Å². The monoisotopic (exact) mass is 705 g/mol. The molecule has 4 fully saturated rings. The molecule has 0 amide bonds. The molecule has 4 rings (SSSR count). The van der Waals surface area contributed by atoms with Crippen molar-refractivity contribution in [2.75, 3.05) is 13.2 Å². The van der Waals surface area contributed by atoms with Gasteiger partial charge < -0.3 is 24.1 Å². The highest BCUT2D eigenvalue weighted by Gasteiger charge is 2.36. The van der Waals surface area contributed by atoms with Gasteiger partial charge in [0.2, 0.25) is 0 Å². The third-order valence-corrected chi connectivity index (χ3v) is 13.8. The van der Waals surface area contributed by atoms with Crippen LogP contribution in [0.1, 0.15) is 170 Å². The second-order valence-corrected chi connectivity index (χ2v) is 18.3. The van der Waals surface area contributed by atoms with Crippen molar-refractivity contribution in [3.8, 4) is 0 Å². The normalized spacial score (nSPS) is 33.5. The van der Waals surface area contributed by atoms with E-state index in [9.17, 15) is 14.7 Å². The summed E-state index contributed by atoms with van der Waals surface area (Å²) in [5.41, 5.74) is 0.313. The number of esters is 2. The van der Waals surface area contributed by atoms with E-state index in [-0.39, 0.29) is 42.5 Å². The lowest BCUT2D eigenvalue weighted by Gasteiger charge is -2.41. The van der Waals surface area contributed by atoms with E-state index in [2.05, 4.69) is 34.6 Å². The molecular formula is C43H76O7. The van der Waals surface area contributed by atoms with Crippen LogP contribution in [0.15, 0.2) is 0 Å². The number of hydrogen-bond donors (Lipinski definition) is 1. The summed E-state index contributed by atoms with van der Waals surface area (Å²) in [4.78, 5) is 24.1. The maximum absolute atomic E-state index is 12.6. The van der Waals surface area contributed by atoms with Gasteiger partial charge in [0.1, 0.15) is 12.7 Å². The summed E-state index contributed by atoms with van der Waals surface area (Å²) in [6.07, 6.45) is 21.1. The maximum atomic E-state index is 12.6. The molecule has 0 bridgehead atoms. The number of carbonyl (C=O) groups excluding carboxylic acids is 2. The SMILES string of the molecule is CCC(CC(CC(C)C1CCC(OC(C)=O)CC1)C1CCC(O)CC1)C1CCC(OC(C)OCCOC(=O)C2CCC(C(C)(C)C)CC2)CC1. The predicted molar refractivity (Wildman–Crippen MR) is 199 cm³/mol. The number of carbonyl (C=O) groups is 2. The Morgan fingerprint density at radius 2 is 1.26 bits per heavy atom. The first-order valence-electron chi connectivity index (χ1n) is 21.1. The van der Waals surface area contributed by atoms with Crippen molar-refractivity contribution in [3.63, 3.8) is 0 Å². The van der Waals surface area contributed by atoms with Gasteiger partial charge in [0, 0.05) is 6.92 Å². The third-order valence-electron chi connectivity index (χ3n) is 13.8. The van der Waals surface area contributed by atoms with E-state index >= 15 is 0 Å². The van der Waals surface area contributed by atoms with Crippen molar-refractivity contribution in [2.24, 2.45) is 52.8 Å². The average Bonchev–Trinajstić information content (AvgIpc) is 3.09. The number of aliphatic hydroxyl groups excluding tert-OH is 1. The van der Waals surface area contributed by atoms with Gasteiger partial charge in [0.15, 0.2) is 6.29 Å². The summed E-state index contributed by atoms with van der Waals surface area (Å²) < 4.78 is 23.4. The fourth-order valence-electron chi connectivity index (χ4n) is 10.5. The molecular weight excluding hydrogens is 628 g/mol. The summed E-state index contributed by atoms with van der Waals surface area (Å²) in [5, 5.41) is 10.3. The maximum Gasteiger partial charge on any atom is 0.309 e. The molecule has 4 atom stereocenters. The molecule has 1 N–H and O–H groups in total. The smallest absolute Gasteiger partial charge is 0.309 e. The Morgan fingerprint density at radius 3 is 1.84 bits per heavy atom. The molecule has 0 aliphatic heterocycles. The van der Waals surface area contributed by atoms with E-state index in [1.165, 1.54) is 64.7 Å². The summed E-state index contributed by atoms with van der Waals surface area (Å²) in [5.74, 6) is 4.89. The van der Waals surface area contributed by atoms with Gasteiger partial charge in [-0.25, -0.2) is 0 Å². The minimum Gasteiger partial charge on any atom is -0.463 e. The van der Waals surface area contributed by atoms with Crippen LogP contribution in [-0.4, -0.2) is 54.9 Å². The first-order chi connectivity index (χ1) is 23.8. The highest BCUT2D eigenvalue weighted by molar-refractivity contribution is 5.72. The summed E-state index contributed by atoms with van der Waals surface area (Å²) in [7, 11) is 0.